The summed E-state index contributed by atoms with van der Waals surface area (Å²) in [5.74, 6) is 0. The number of benzene rings is 2. The third kappa shape index (κ3) is 4.58. The van der Waals surface area contributed by atoms with Crippen LogP contribution >= 0.6 is 0 Å². The van der Waals surface area contributed by atoms with Gasteiger partial charge in [-0.05, 0) is 36.8 Å². The molecule has 2 aromatic carbocycles. The summed E-state index contributed by atoms with van der Waals surface area (Å²) in [5.41, 5.74) is 2.71. The highest BCUT2D eigenvalue weighted by Gasteiger charge is 2.13. The highest BCUT2D eigenvalue weighted by Crippen LogP contribution is 2.17. The van der Waals surface area contributed by atoms with E-state index < -0.39 is 10.0 Å². The fourth-order valence-electron chi connectivity index (χ4n) is 1.94. The zero-order chi connectivity index (χ0) is 16.2. The molecule has 0 saturated carbocycles. The minimum Gasteiger partial charge on any atom is -0.310 e. The van der Waals surface area contributed by atoms with Gasteiger partial charge in [-0.1, -0.05) is 43.7 Å². The maximum atomic E-state index is 12.3. The van der Waals surface area contributed by atoms with E-state index in [1.165, 1.54) is 0 Å². The first-order valence-electron chi connectivity index (χ1n) is 7.28. The van der Waals surface area contributed by atoms with E-state index in [0.717, 1.165) is 17.7 Å². The van der Waals surface area contributed by atoms with Gasteiger partial charge in [-0.3, -0.25) is 4.72 Å². The zero-order valence-corrected chi connectivity index (χ0v) is 13.9. The fourth-order valence-corrected chi connectivity index (χ4v) is 3.00. The highest BCUT2D eigenvalue weighted by molar-refractivity contribution is 7.92. The van der Waals surface area contributed by atoms with Gasteiger partial charge in [0, 0.05) is 18.3 Å². The number of hydrogen-bond donors (Lipinski definition) is 2. The minimum absolute atomic E-state index is 0.267. The summed E-state index contributed by atoms with van der Waals surface area (Å²) >= 11 is 0. The van der Waals surface area contributed by atoms with E-state index in [0.29, 0.717) is 11.7 Å². The van der Waals surface area contributed by atoms with E-state index in [9.17, 15) is 8.42 Å². The van der Waals surface area contributed by atoms with Crippen LogP contribution < -0.4 is 10.0 Å². The number of anilines is 1. The van der Waals surface area contributed by atoms with Crippen molar-refractivity contribution in [2.75, 3.05) is 4.72 Å². The lowest BCUT2D eigenvalue weighted by Crippen LogP contribution is -2.21. The number of aryl methyl sites for hydroxylation is 1. The Hall–Kier alpha value is -1.85. The van der Waals surface area contributed by atoms with Crippen molar-refractivity contribution in [1.82, 2.24) is 5.32 Å². The van der Waals surface area contributed by atoms with Crippen LogP contribution in [0.5, 0.6) is 0 Å². The molecule has 22 heavy (non-hydrogen) atoms. The lowest BCUT2D eigenvalue weighted by molar-refractivity contribution is 0.589. The van der Waals surface area contributed by atoms with E-state index in [1.54, 1.807) is 36.4 Å². The molecule has 0 aliphatic rings. The van der Waals surface area contributed by atoms with Crippen LogP contribution in [0.15, 0.2) is 53.4 Å². The van der Waals surface area contributed by atoms with Gasteiger partial charge in [-0.15, -0.1) is 0 Å². The van der Waals surface area contributed by atoms with E-state index in [-0.39, 0.29) is 4.90 Å². The Morgan fingerprint density at radius 2 is 1.55 bits per heavy atom. The van der Waals surface area contributed by atoms with Gasteiger partial charge in [0.1, 0.15) is 0 Å². The smallest absolute Gasteiger partial charge is 0.261 e. The van der Waals surface area contributed by atoms with Crippen molar-refractivity contribution in [2.24, 2.45) is 0 Å². The highest BCUT2D eigenvalue weighted by atomic mass is 32.2. The Bertz CT molecular complexity index is 705. The second-order valence-corrected chi connectivity index (χ2v) is 7.33. The molecule has 2 N–H and O–H groups in total. The Morgan fingerprint density at radius 1 is 0.955 bits per heavy atom. The standard InChI is InChI=1S/C17H22N2O2S/c1-13(2)18-12-15-6-8-16(9-7-15)19-22(20,21)17-10-4-14(3)5-11-17/h4-11,13,18-19H,12H2,1-3H3. The normalized spacial score (nSPS) is 11.6. The molecule has 0 heterocycles. The average molecular weight is 318 g/mol. The van der Waals surface area contributed by atoms with Crippen LogP contribution in [0, 0.1) is 6.92 Å². The number of hydrogen-bond acceptors (Lipinski definition) is 3. The molecule has 0 bridgehead atoms. The summed E-state index contributed by atoms with van der Waals surface area (Å²) in [4.78, 5) is 0.267. The molecule has 0 aliphatic carbocycles. The molecule has 0 atom stereocenters. The maximum Gasteiger partial charge on any atom is 0.261 e. The van der Waals surface area contributed by atoms with Gasteiger partial charge in [0.25, 0.3) is 10.0 Å². The van der Waals surface area contributed by atoms with Crippen LogP contribution in [0.3, 0.4) is 0 Å². The number of sulfonamides is 1. The molecular formula is C17H22N2O2S. The van der Waals surface area contributed by atoms with Crippen molar-refractivity contribution in [2.45, 2.75) is 38.3 Å². The van der Waals surface area contributed by atoms with Crippen molar-refractivity contribution < 1.29 is 8.42 Å². The van der Waals surface area contributed by atoms with Gasteiger partial charge in [0.2, 0.25) is 0 Å². The molecule has 0 amide bonds. The monoisotopic (exact) mass is 318 g/mol. The summed E-state index contributed by atoms with van der Waals surface area (Å²) in [6.07, 6.45) is 0. The van der Waals surface area contributed by atoms with Gasteiger partial charge >= 0.3 is 0 Å². The van der Waals surface area contributed by atoms with E-state index in [4.69, 9.17) is 0 Å². The van der Waals surface area contributed by atoms with Crippen molar-refractivity contribution in [3.63, 3.8) is 0 Å². The second kappa shape index (κ2) is 6.94. The van der Waals surface area contributed by atoms with Gasteiger partial charge in [-0.2, -0.15) is 0 Å². The largest absolute Gasteiger partial charge is 0.310 e. The fraction of sp³-hybridized carbons (Fsp3) is 0.294. The second-order valence-electron chi connectivity index (χ2n) is 5.65. The zero-order valence-electron chi connectivity index (χ0n) is 13.1. The Morgan fingerprint density at radius 3 is 2.09 bits per heavy atom. The van der Waals surface area contributed by atoms with Crippen molar-refractivity contribution in [1.29, 1.82) is 0 Å². The molecule has 118 valence electrons. The van der Waals surface area contributed by atoms with Crippen LogP contribution in [-0.2, 0) is 16.6 Å². The van der Waals surface area contributed by atoms with Crippen LogP contribution in [0.2, 0.25) is 0 Å². The molecule has 0 radical (unpaired) electrons. The number of rotatable bonds is 6. The van der Waals surface area contributed by atoms with E-state index >= 15 is 0 Å². The Balaban J connectivity index is 2.08. The lowest BCUT2D eigenvalue weighted by atomic mass is 10.2. The van der Waals surface area contributed by atoms with E-state index in [1.807, 2.05) is 19.1 Å². The molecule has 0 aromatic heterocycles. The van der Waals surface area contributed by atoms with Crippen molar-refractivity contribution in [3.8, 4) is 0 Å². The molecule has 0 spiro atoms. The Labute approximate surface area is 132 Å². The minimum atomic E-state index is -3.53. The van der Waals surface area contributed by atoms with E-state index in [2.05, 4.69) is 23.9 Å². The SMILES string of the molecule is Cc1ccc(S(=O)(=O)Nc2ccc(CNC(C)C)cc2)cc1. The summed E-state index contributed by atoms with van der Waals surface area (Å²) in [6.45, 7) is 6.87. The maximum absolute atomic E-state index is 12.3. The van der Waals surface area contributed by atoms with Crippen molar-refractivity contribution in [3.05, 3.63) is 59.7 Å². The topological polar surface area (TPSA) is 58.2 Å². The molecule has 0 aliphatic heterocycles. The predicted octanol–water partition coefficient (Wildman–Crippen LogP) is 3.29. The first-order chi connectivity index (χ1) is 10.4. The van der Waals surface area contributed by atoms with Gasteiger partial charge in [-0.25, -0.2) is 8.42 Å². The molecule has 2 rings (SSSR count). The first-order valence-corrected chi connectivity index (χ1v) is 8.77. The Kier molecular flexibility index (Phi) is 5.21. The van der Waals surface area contributed by atoms with Crippen LogP contribution in [0.4, 0.5) is 5.69 Å². The molecule has 0 fully saturated rings. The molecular weight excluding hydrogens is 296 g/mol. The van der Waals surface area contributed by atoms with Crippen LogP contribution in [-0.4, -0.2) is 14.5 Å². The third-order valence-electron chi connectivity index (χ3n) is 3.25. The predicted molar refractivity (Wildman–Crippen MR) is 90.4 cm³/mol. The molecule has 0 saturated heterocycles. The summed E-state index contributed by atoms with van der Waals surface area (Å²) in [6, 6.07) is 14.6. The molecule has 0 unspecified atom stereocenters. The summed E-state index contributed by atoms with van der Waals surface area (Å²) in [7, 11) is -3.53. The summed E-state index contributed by atoms with van der Waals surface area (Å²) in [5, 5.41) is 3.32. The van der Waals surface area contributed by atoms with Crippen molar-refractivity contribution >= 4 is 15.7 Å². The van der Waals surface area contributed by atoms with Crippen LogP contribution in [0.1, 0.15) is 25.0 Å². The average Bonchev–Trinajstić information content (AvgIpc) is 2.46. The molecule has 2 aromatic rings. The third-order valence-corrected chi connectivity index (χ3v) is 4.65. The van der Waals surface area contributed by atoms with Crippen LogP contribution in [0.25, 0.3) is 0 Å². The van der Waals surface area contributed by atoms with Gasteiger partial charge in [0.15, 0.2) is 0 Å². The van der Waals surface area contributed by atoms with Gasteiger partial charge in [0.05, 0.1) is 4.90 Å². The number of nitrogens with one attached hydrogen (secondary N) is 2. The summed E-state index contributed by atoms with van der Waals surface area (Å²) < 4.78 is 27.2. The lowest BCUT2D eigenvalue weighted by Gasteiger charge is -2.10. The first kappa shape index (κ1) is 16.5. The molecule has 5 heteroatoms. The quantitative estimate of drug-likeness (QED) is 0.859. The van der Waals surface area contributed by atoms with Gasteiger partial charge < -0.3 is 5.32 Å². The molecule has 4 nitrogen and oxygen atoms in total.